The van der Waals surface area contributed by atoms with Crippen LogP contribution in [-0.4, -0.2) is 7.11 Å². The Morgan fingerprint density at radius 1 is 0.619 bits per heavy atom. The molecule has 0 spiro atoms. The van der Waals surface area contributed by atoms with Crippen molar-refractivity contribution in [3.63, 3.8) is 0 Å². The Labute approximate surface area is 131 Å². The van der Waals surface area contributed by atoms with Crippen molar-refractivity contribution in [1.82, 2.24) is 0 Å². The quantitative estimate of drug-likeness (QED) is 0.392. The van der Waals surface area contributed by atoms with Gasteiger partial charge in [0, 0.05) is 9.86 Å². The summed E-state index contributed by atoms with van der Waals surface area (Å²) in [7, 11) is 1.72. The van der Waals surface area contributed by atoms with Gasteiger partial charge in [0.2, 0.25) is 0 Å². The molecule has 0 fully saturated rings. The third-order valence-electron chi connectivity index (χ3n) is 4.04. The molecule has 102 valence electrons. The molecule has 0 N–H and O–H groups in total. The lowest BCUT2D eigenvalue weighted by Gasteiger charge is -2.10. The van der Waals surface area contributed by atoms with E-state index in [-0.39, 0.29) is 0 Å². The van der Waals surface area contributed by atoms with Crippen molar-refractivity contribution in [1.29, 1.82) is 0 Å². The smallest absolute Gasteiger partial charge is 0.126 e. The SMILES string of the molecule is COc1cccc2c1ccc1c3cccc(Br)c3ccc21. The number of ether oxygens (including phenoxy) is 1. The average molecular weight is 337 g/mol. The number of hydrogen-bond acceptors (Lipinski definition) is 1. The maximum absolute atomic E-state index is 5.48. The van der Waals surface area contributed by atoms with E-state index in [1.807, 2.05) is 12.1 Å². The van der Waals surface area contributed by atoms with Crippen molar-refractivity contribution in [3.8, 4) is 5.75 Å². The minimum absolute atomic E-state index is 0.920. The van der Waals surface area contributed by atoms with Crippen LogP contribution in [0.1, 0.15) is 0 Å². The molecule has 1 nitrogen and oxygen atoms in total. The number of fused-ring (bicyclic) bond motifs is 5. The van der Waals surface area contributed by atoms with Crippen LogP contribution in [0.15, 0.2) is 65.1 Å². The fourth-order valence-electron chi connectivity index (χ4n) is 3.05. The lowest BCUT2D eigenvalue weighted by Crippen LogP contribution is -1.86. The second-order valence-electron chi connectivity index (χ2n) is 5.12. The number of benzene rings is 4. The van der Waals surface area contributed by atoms with Gasteiger partial charge in [-0.05, 0) is 45.1 Å². The van der Waals surface area contributed by atoms with Gasteiger partial charge in [-0.3, -0.25) is 0 Å². The molecule has 0 aromatic heterocycles. The molecule has 2 heteroatoms. The van der Waals surface area contributed by atoms with E-state index in [4.69, 9.17) is 4.74 Å². The highest BCUT2D eigenvalue weighted by Crippen LogP contribution is 2.36. The van der Waals surface area contributed by atoms with Crippen LogP contribution >= 0.6 is 15.9 Å². The zero-order chi connectivity index (χ0) is 14.4. The van der Waals surface area contributed by atoms with Gasteiger partial charge in [-0.15, -0.1) is 0 Å². The van der Waals surface area contributed by atoms with Crippen molar-refractivity contribution in [3.05, 3.63) is 65.1 Å². The van der Waals surface area contributed by atoms with Crippen LogP contribution in [0.5, 0.6) is 5.75 Å². The van der Waals surface area contributed by atoms with Gasteiger partial charge in [0.05, 0.1) is 7.11 Å². The van der Waals surface area contributed by atoms with E-state index in [2.05, 4.69) is 64.5 Å². The molecule has 0 saturated carbocycles. The zero-order valence-corrected chi connectivity index (χ0v) is 13.1. The van der Waals surface area contributed by atoms with Crippen LogP contribution in [0, 0.1) is 0 Å². The first-order valence-electron chi connectivity index (χ1n) is 6.86. The molecule has 4 aromatic carbocycles. The highest BCUT2D eigenvalue weighted by molar-refractivity contribution is 9.10. The molecular formula is C19H13BrO. The Morgan fingerprint density at radius 3 is 1.86 bits per heavy atom. The fraction of sp³-hybridized carbons (Fsp3) is 0.0526. The van der Waals surface area contributed by atoms with Crippen molar-refractivity contribution in [2.24, 2.45) is 0 Å². The van der Waals surface area contributed by atoms with Gasteiger partial charge in [-0.2, -0.15) is 0 Å². The van der Waals surface area contributed by atoms with Crippen LogP contribution in [-0.2, 0) is 0 Å². The predicted molar refractivity (Wildman–Crippen MR) is 93.2 cm³/mol. The van der Waals surface area contributed by atoms with Crippen LogP contribution in [0.4, 0.5) is 0 Å². The highest BCUT2D eigenvalue weighted by Gasteiger charge is 2.08. The third-order valence-corrected chi connectivity index (χ3v) is 4.73. The van der Waals surface area contributed by atoms with E-state index in [1.165, 1.54) is 26.9 Å². The molecule has 0 amide bonds. The zero-order valence-electron chi connectivity index (χ0n) is 11.6. The van der Waals surface area contributed by atoms with Crippen molar-refractivity contribution in [2.45, 2.75) is 0 Å². The molecule has 0 radical (unpaired) electrons. The standard InChI is InChI=1S/C19H13BrO/c1-21-19-7-3-5-13-15-8-10-16-12(4-2-6-18(16)20)14(15)9-11-17(13)19/h2-11H,1H3. The summed E-state index contributed by atoms with van der Waals surface area (Å²) in [5.41, 5.74) is 0. The monoisotopic (exact) mass is 336 g/mol. The maximum atomic E-state index is 5.48. The van der Waals surface area contributed by atoms with E-state index in [1.54, 1.807) is 7.11 Å². The molecule has 0 unspecified atom stereocenters. The molecular weight excluding hydrogens is 324 g/mol. The summed E-state index contributed by atoms with van der Waals surface area (Å²) in [5, 5.41) is 7.43. The summed E-state index contributed by atoms with van der Waals surface area (Å²) in [6.07, 6.45) is 0. The van der Waals surface area contributed by atoms with Crippen molar-refractivity contribution in [2.75, 3.05) is 7.11 Å². The molecule has 0 aliphatic heterocycles. The Morgan fingerprint density at radius 2 is 1.14 bits per heavy atom. The number of methoxy groups -OCH3 is 1. The lowest BCUT2D eigenvalue weighted by molar-refractivity contribution is 0.420. The number of hydrogen-bond donors (Lipinski definition) is 0. The first kappa shape index (κ1) is 12.7. The Balaban J connectivity index is 2.23. The Bertz CT molecular complexity index is 989. The van der Waals surface area contributed by atoms with Gasteiger partial charge in [0.1, 0.15) is 5.75 Å². The molecule has 0 saturated heterocycles. The van der Waals surface area contributed by atoms with Gasteiger partial charge in [-0.1, -0.05) is 58.4 Å². The van der Waals surface area contributed by atoms with E-state index in [9.17, 15) is 0 Å². The number of halogens is 1. The third kappa shape index (κ3) is 1.83. The van der Waals surface area contributed by atoms with Crippen LogP contribution in [0.3, 0.4) is 0 Å². The van der Waals surface area contributed by atoms with Gasteiger partial charge in [0.25, 0.3) is 0 Å². The summed E-state index contributed by atoms with van der Waals surface area (Å²) >= 11 is 3.64. The van der Waals surface area contributed by atoms with Crippen molar-refractivity contribution >= 4 is 48.2 Å². The second-order valence-corrected chi connectivity index (χ2v) is 5.97. The average Bonchev–Trinajstić information content (AvgIpc) is 2.54. The molecule has 4 aromatic rings. The van der Waals surface area contributed by atoms with E-state index in [0.717, 1.165) is 15.6 Å². The molecule has 0 atom stereocenters. The molecule has 4 rings (SSSR count). The summed E-state index contributed by atoms with van der Waals surface area (Å²) in [4.78, 5) is 0. The summed E-state index contributed by atoms with van der Waals surface area (Å²) in [6, 6.07) is 21.3. The molecule has 0 bridgehead atoms. The molecule has 21 heavy (non-hydrogen) atoms. The Kier molecular flexibility index (Phi) is 2.86. The summed E-state index contributed by atoms with van der Waals surface area (Å²) in [6.45, 7) is 0. The molecule has 0 aliphatic rings. The topological polar surface area (TPSA) is 9.23 Å². The van der Waals surface area contributed by atoms with Crippen LogP contribution in [0.2, 0.25) is 0 Å². The minimum Gasteiger partial charge on any atom is -0.496 e. The number of rotatable bonds is 1. The first-order valence-corrected chi connectivity index (χ1v) is 7.65. The van der Waals surface area contributed by atoms with E-state index < -0.39 is 0 Å². The lowest BCUT2D eigenvalue weighted by atomic mass is 9.97. The van der Waals surface area contributed by atoms with Crippen LogP contribution in [0.25, 0.3) is 32.3 Å². The second kappa shape index (κ2) is 4.74. The summed E-state index contributed by atoms with van der Waals surface area (Å²) < 4.78 is 6.61. The van der Waals surface area contributed by atoms with Crippen molar-refractivity contribution < 1.29 is 4.74 Å². The van der Waals surface area contributed by atoms with E-state index in [0.29, 0.717) is 0 Å². The predicted octanol–water partition coefficient (Wildman–Crippen LogP) is 5.92. The molecule has 0 heterocycles. The largest absolute Gasteiger partial charge is 0.496 e. The van der Waals surface area contributed by atoms with Gasteiger partial charge < -0.3 is 4.74 Å². The minimum atomic E-state index is 0.920. The van der Waals surface area contributed by atoms with E-state index >= 15 is 0 Å². The maximum Gasteiger partial charge on any atom is 0.126 e. The normalized spacial score (nSPS) is 11.3. The van der Waals surface area contributed by atoms with Gasteiger partial charge >= 0.3 is 0 Å². The summed E-state index contributed by atoms with van der Waals surface area (Å²) in [5.74, 6) is 0.920. The Hall–Kier alpha value is -2.06. The van der Waals surface area contributed by atoms with Crippen LogP contribution < -0.4 is 4.74 Å². The van der Waals surface area contributed by atoms with Gasteiger partial charge in [-0.25, -0.2) is 0 Å². The fourth-order valence-corrected chi connectivity index (χ4v) is 3.55. The molecule has 0 aliphatic carbocycles. The van der Waals surface area contributed by atoms with Gasteiger partial charge in [0.15, 0.2) is 0 Å². The highest BCUT2D eigenvalue weighted by atomic mass is 79.9. The first-order chi connectivity index (χ1) is 10.3.